The lowest BCUT2D eigenvalue weighted by Gasteiger charge is -2.42. The zero-order valence-electron chi connectivity index (χ0n) is 11.6. The van der Waals surface area contributed by atoms with Gasteiger partial charge in [0.25, 0.3) is 0 Å². The van der Waals surface area contributed by atoms with E-state index in [0.29, 0.717) is 13.2 Å². The average Bonchev–Trinajstić information content (AvgIpc) is 2.79. The first-order valence-corrected chi connectivity index (χ1v) is 7.34. The van der Waals surface area contributed by atoms with Crippen LogP contribution >= 0.6 is 0 Å². The van der Waals surface area contributed by atoms with Gasteiger partial charge in [-0.2, -0.15) is 0 Å². The van der Waals surface area contributed by atoms with Crippen LogP contribution in [0.1, 0.15) is 46.0 Å². The number of nitrogens with one attached hydrogen (secondary N) is 2. The van der Waals surface area contributed by atoms with E-state index in [-0.39, 0.29) is 23.4 Å². The molecule has 2 unspecified atom stereocenters. The van der Waals surface area contributed by atoms with E-state index in [0.717, 1.165) is 32.2 Å². The van der Waals surface area contributed by atoms with Crippen molar-refractivity contribution in [3.63, 3.8) is 0 Å². The van der Waals surface area contributed by atoms with Gasteiger partial charge in [0.2, 0.25) is 5.91 Å². The Morgan fingerprint density at radius 2 is 2.11 bits per heavy atom. The highest BCUT2D eigenvalue weighted by atomic mass is 16.5. The molecule has 0 bridgehead atoms. The van der Waals surface area contributed by atoms with Gasteiger partial charge in [-0.3, -0.25) is 4.79 Å². The van der Waals surface area contributed by atoms with Crippen molar-refractivity contribution in [3.8, 4) is 0 Å². The predicted molar refractivity (Wildman–Crippen MR) is 71.4 cm³/mol. The molecule has 2 fully saturated rings. The molecule has 1 aliphatic heterocycles. The van der Waals surface area contributed by atoms with E-state index >= 15 is 0 Å². The molecular formula is C14H26N2O2. The van der Waals surface area contributed by atoms with Crippen LogP contribution < -0.4 is 10.6 Å². The maximum atomic E-state index is 12.4. The summed E-state index contributed by atoms with van der Waals surface area (Å²) in [5.41, 5.74) is 0.0922. The Kier molecular flexibility index (Phi) is 4.62. The number of amides is 1. The van der Waals surface area contributed by atoms with Gasteiger partial charge in [-0.15, -0.1) is 0 Å². The van der Waals surface area contributed by atoms with Crippen LogP contribution in [0.25, 0.3) is 0 Å². The molecule has 4 nitrogen and oxygen atoms in total. The molecular weight excluding hydrogens is 228 g/mol. The maximum absolute atomic E-state index is 12.4. The molecule has 0 aromatic rings. The molecule has 0 spiro atoms. The summed E-state index contributed by atoms with van der Waals surface area (Å²) in [5.74, 6) is 0.170. The predicted octanol–water partition coefficient (Wildman–Crippen LogP) is 1.45. The topological polar surface area (TPSA) is 50.4 Å². The fraction of sp³-hybridized carbons (Fsp3) is 0.929. The monoisotopic (exact) mass is 254 g/mol. The minimum atomic E-state index is -0.0134. The minimum Gasteiger partial charge on any atom is -0.379 e. The van der Waals surface area contributed by atoms with E-state index in [9.17, 15) is 4.79 Å². The number of rotatable bonds is 6. The lowest BCUT2D eigenvalue weighted by atomic mass is 9.74. The Morgan fingerprint density at radius 3 is 2.67 bits per heavy atom. The lowest BCUT2D eigenvalue weighted by molar-refractivity contribution is -0.128. The molecule has 2 N–H and O–H groups in total. The van der Waals surface area contributed by atoms with E-state index < -0.39 is 0 Å². The first-order valence-electron chi connectivity index (χ1n) is 7.34. The van der Waals surface area contributed by atoms with Gasteiger partial charge in [0.05, 0.1) is 19.1 Å². The molecule has 1 saturated carbocycles. The summed E-state index contributed by atoms with van der Waals surface area (Å²) < 4.78 is 5.46. The van der Waals surface area contributed by atoms with Crippen LogP contribution in [0.15, 0.2) is 0 Å². The summed E-state index contributed by atoms with van der Waals surface area (Å²) in [7, 11) is 0. The van der Waals surface area contributed by atoms with Gasteiger partial charge in [0, 0.05) is 11.6 Å². The number of carbonyl (C=O) groups is 1. The van der Waals surface area contributed by atoms with Crippen LogP contribution in [0.5, 0.6) is 0 Å². The lowest BCUT2D eigenvalue weighted by Crippen LogP contribution is -2.56. The number of hydrogen-bond acceptors (Lipinski definition) is 3. The molecule has 1 saturated heterocycles. The van der Waals surface area contributed by atoms with Crippen molar-refractivity contribution in [3.05, 3.63) is 0 Å². The SMILES string of the molecule is CCCNC1COCC1C(=O)NC1(CC)CCC1. The van der Waals surface area contributed by atoms with E-state index in [1.807, 2.05) is 0 Å². The van der Waals surface area contributed by atoms with E-state index in [4.69, 9.17) is 4.74 Å². The zero-order chi connectivity index (χ0) is 13.0. The molecule has 18 heavy (non-hydrogen) atoms. The van der Waals surface area contributed by atoms with Crippen molar-refractivity contribution in [1.82, 2.24) is 10.6 Å². The molecule has 2 atom stereocenters. The van der Waals surface area contributed by atoms with E-state index in [1.165, 1.54) is 6.42 Å². The Balaban J connectivity index is 1.87. The van der Waals surface area contributed by atoms with Crippen LogP contribution in [0, 0.1) is 5.92 Å². The normalized spacial score (nSPS) is 29.9. The summed E-state index contributed by atoms with van der Waals surface area (Å²) in [6, 6.07) is 0.193. The molecule has 0 aromatic heterocycles. The van der Waals surface area contributed by atoms with Gasteiger partial charge in [-0.25, -0.2) is 0 Å². The maximum Gasteiger partial charge on any atom is 0.227 e. The van der Waals surface area contributed by atoms with Crippen LogP contribution in [0.4, 0.5) is 0 Å². The van der Waals surface area contributed by atoms with Crippen molar-refractivity contribution in [1.29, 1.82) is 0 Å². The Bertz CT molecular complexity index is 284. The Labute approximate surface area is 110 Å². The van der Waals surface area contributed by atoms with E-state index in [1.54, 1.807) is 0 Å². The fourth-order valence-corrected chi connectivity index (χ4v) is 2.87. The third kappa shape index (κ3) is 2.86. The molecule has 1 amide bonds. The molecule has 2 rings (SSSR count). The largest absolute Gasteiger partial charge is 0.379 e. The van der Waals surface area contributed by atoms with Crippen molar-refractivity contribution < 1.29 is 9.53 Å². The van der Waals surface area contributed by atoms with Crippen LogP contribution in [-0.4, -0.2) is 37.2 Å². The Morgan fingerprint density at radius 1 is 1.33 bits per heavy atom. The second-order valence-electron chi connectivity index (χ2n) is 5.68. The van der Waals surface area contributed by atoms with Crippen molar-refractivity contribution >= 4 is 5.91 Å². The van der Waals surface area contributed by atoms with Crippen molar-refractivity contribution in [2.24, 2.45) is 5.92 Å². The Hall–Kier alpha value is -0.610. The van der Waals surface area contributed by atoms with Crippen LogP contribution in [-0.2, 0) is 9.53 Å². The highest BCUT2D eigenvalue weighted by Gasteiger charge is 2.41. The summed E-state index contributed by atoms with van der Waals surface area (Å²) in [6.45, 7) is 6.48. The number of carbonyl (C=O) groups excluding carboxylic acids is 1. The second-order valence-corrected chi connectivity index (χ2v) is 5.68. The van der Waals surface area contributed by atoms with E-state index in [2.05, 4.69) is 24.5 Å². The summed E-state index contributed by atoms with van der Waals surface area (Å²) in [6.07, 6.45) is 5.64. The van der Waals surface area contributed by atoms with Gasteiger partial charge in [-0.05, 0) is 38.6 Å². The molecule has 2 aliphatic rings. The molecule has 0 radical (unpaired) electrons. The third-order valence-electron chi connectivity index (χ3n) is 4.45. The van der Waals surface area contributed by atoms with Crippen molar-refractivity contribution in [2.75, 3.05) is 19.8 Å². The van der Waals surface area contributed by atoms with Gasteiger partial charge < -0.3 is 15.4 Å². The van der Waals surface area contributed by atoms with Gasteiger partial charge in [0.15, 0.2) is 0 Å². The zero-order valence-corrected chi connectivity index (χ0v) is 11.6. The molecule has 1 aliphatic carbocycles. The highest BCUT2D eigenvalue weighted by Crippen LogP contribution is 2.35. The number of hydrogen-bond donors (Lipinski definition) is 2. The van der Waals surface area contributed by atoms with Gasteiger partial charge in [0.1, 0.15) is 0 Å². The summed E-state index contributed by atoms with van der Waals surface area (Å²) in [4.78, 5) is 12.4. The number of ether oxygens (including phenoxy) is 1. The summed E-state index contributed by atoms with van der Waals surface area (Å²) in [5, 5.41) is 6.69. The average molecular weight is 254 g/mol. The molecule has 4 heteroatoms. The first kappa shape index (κ1) is 13.8. The van der Waals surface area contributed by atoms with Gasteiger partial charge in [-0.1, -0.05) is 13.8 Å². The summed E-state index contributed by atoms with van der Waals surface area (Å²) >= 11 is 0. The van der Waals surface area contributed by atoms with Crippen LogP contribution in [0.2, 0.25) is 0 Å². The fourth-order valence-electron chi connectivity index (χ4n) is 2.87. The van der Waals surface area contributed by atoms with Gasteiger partial charge >= 0.3 is 0 Å². The third-order valence-corrected chi connectivity index (χ3v) is 4.45. The first-order chi connectivity index (χ1) is 8.71. The smallest absolute Gasteiger partial charge is 0.227 e. The molecule has 1 heterocycles. The van der Waals surface area contributed by atoms with Crippen LogP contribution in [0.3, 0.4) is 0 Å². The quantitative estimate of drug-likeness (QED) is 0.754. The standard InChI is InChI=1S/C14H26N2O2/c1-3-8-15-12-10-18-9-11(12)13(17)16-14(4-2)6-5-7-14/h11-12,15H,3-10H2,1-2H3,(H,16,17). The molecule has 104 valence electrons. The highest BCUT2D eigenvalue weighted by molar-refractivity contribution is 5.80. The van der Waals surface area contributed by atoms with Crippen molar-refractivity contribution in [2.45, 2.75) is 57.5 Å². The molecule has 0 aromatic carbocycles. The second kappa shape index (κ2) is 6.02. The minimum absolute atomic E-state index is 0.0134.